The number of unbranched alkanes of at least 4 members (excludes halogenated alkanes) is 2. The van der Waals surface area contributed by atoms with Crippen molar-refractivity contribution in [1.29, 1.82) is 0 Å². The molecule has 0 aliphatic carbocycles. The first-order valence-electron chi connectivity index (χ1n) is 6.81. The van der Waals surface area contributed by atoms with Gasteiger partial charge in [0.2, 0.25) is 5.91 Å². The maximum atomic E-state index is 12.0. The van der Waals surface area contributed by atoms with Gasteiger partial charge < -0.3 is 9.88 Å². The van der Waals surface area contributed by atoms with Crippen molar-refractivity contribution in [1.82, 2.24) is 14.9 Å². The topological polar surface area (TPSA) is 64.0 Å². The molecule has 0 fully saturated rings. The molecule has 0 aliphatic heterocycles. The minimum atomic E-state index is -0.345. The predicted octanol–water partition coefficient (Wildman–Crippen LogP) is 2.26. The van der Waals surface area contributed by atoms with Crippen molar-refractivity contribution in [2.75, 3.05) is 6.54 Å². The van der Waals surface area contributed by atoms with Crippen LogP contribution in [0.1, 0.15) is 62.4 Å². The minimum absolute atomic E-state index is 0.0355. The van der Waals surface area contributed by atoms with Crippen molar-refractivity contribution in [3.05, 3.63) is 17.7 Å². The fourth-order valence-electron chi connectivity index (χ4n) is 1.91. The Labute approximate surface area is 114 Å². The van der Waals surface area contributed by atoms with Gasteiger partial charge in [-0.2, -0.15) is 0 Å². The second kappa shape index (κ2) is 7.07. The normalized spacial score (nSPS) is 12.2. The fourth-order valence-corrected chi connectivity index (χ4v) is 1.91. The molecule has 1 unspecified atom stereocenters. The van der Waals surface area contributed by atoms with Gasteiger partial charge in [0.1, 0.15) is 17.6 Å². The SMILES string of the molecule is CCCCCNC(=O)C(C)n1cc(C(C)=O)nc1C. The van der Waals surface area contributed by atoms with E-state index in [1.165, 1.54) is 6.92 Å². The van der Waals surface area contributed by atoms with Crippen LogP contribution in [0, 0.1) is 6.92 Å². The number of aromatic nitrogens is 2. The second-order valence-electron chi connectivity index (χ2n) is 4.81. The van der Waals surface area contributed by atoms with Crippen LogP contribution in [0.25, 0.3) is 0 Å². The molecule has 19 heavy (non-hydrogen) atoms. The zero-order valence-corrected chi connectivity index (χ0v) is 12.2. The fraction of sp³-hybridized carbons (Fsp3) is 0.643. The number of hydrogen-bond donors (Lipinski definition) is 1. The van der Waals surface area contributed by atoms with Gasteiger partial charge in [0, 0.05) is 19.7 Å². The summed E-state index contributed by atoms with van der Waals surface area (Å²) < 4.78 is 1.74. The number of rotatable bonds is 7. The van der Waals surface area contributed by atoms with E-state index < -0.39 is 0 Å². The van der Waals surface area contributed by atoms with Gasteiger partial charge in [0.05, 0.1) is 0 Å². The first-order chi connectivity index (χ1) is 8.97. The highest BCUT2D eigenvalue weighted by Crippen LogP contribution is 2.12. The van der Waals surface area contributed by atoms with Crippen LogP contribution in [0.3, 0.4) is 0 Å². The van der Waals surface area contributed by atoms with Crippen LogP contribution in [0.2, 0.25) is 0 Å². The molecule has 5 heteroatoms. The molecule has 0 aliphatic rings. The Bertz CT molecular complexity index is 452. The minimum Gasteiger partial charge on any atom is -0.354 e. The average molecular weight is 265 g/mol. The molecule has 1 heterocycles. The van der Waals surface area contributed by atoms with Gasteiger partial charge in [-0.1, -0.05) is 19.8 Å². The number of carbonyl (C=O) groups excluding carboxylic acids is 2. The average Bonchev–Trinajstić information content (AvgIpc) is 2.76. The molecule has 1 aromatic heterocycles. The first kappa shape index (κ1) is 15.4. The molecule has 1 rings (SSSR count). The molecular weight excluding hydrogens is 242 g/mol. The van der Waals surface area contributed by atoms with E-state index >= 15 is 0 Å². The van der Waals surface area contributed by atoms with Gasteiger partial charge >= 0.3 is 0 Å². The van der Waals surface area contributed by atoms with Crippen LogP contribution in [-0.4, -0.2) is 27.8 Å². The standard InChI is InChI=1S/C14H23N3O2/c1-5-6-7-8-15-14(19)10(2)17-9-13(11(3)18)16-12(17)4/h9-10H,5-8H2,1-4H3,(H,15,19). The second-order valence-corrected chi connectivity index (χ2v) is 4.81. The number of hydrogen-bond acceptors (Lipinski definition) is 3. The molecular formula is C14H23N3O2. The lowest BCUT2D eigenvalue weighted by molar-refractivity contribution is -0.123. The Hall–Kier alpha value is -1.65. The van der Waals surface area contributed by atoms with Crippen molar-refractivity contribution in [2.45, 2.75) is 53.0 Å². The van der Waals surface area contributed by atoms with Gasteiger partial charge in [-0.05, 0) is 20.3 Å². The lowest BCUT2D eigenvalue weighted by Gasteiger charge is -2.14. The number of nitrogens with zero attached hydrogens (tertiary/aromatic N) is 2. The molecule has 0 bridgehead atoms. The number of nitrogens with one attached hydrogen (secondary N) is 1. The van der Waals surface area contributed by atoms with Crippen molar-refractivity contribution < 1.29 is 9.59 Å². The summed E-state index contributed by atoms with van der Waals surface area (Å²) in [6, 6.07) is -0.345. The number of Topliss-reactive ketones (excluding diaryl/α,β-unsaturated/α-hetero) is 1. The first-order valence-corrected chi connectivity index (χ1v) is 6.81. The lowest BCUT2D eigenvalue weighted by atomic mass is 10.2. The van der Waals surface area contributed by atoms with Crippen molar-refractivity contribution in [3.63, 3.8) is 0 Å². The molecule has 1 amide bonds. The van der Waals surface area contributed by atoms with Gasteiger partial charge in [-0.25, -0.2) is 4.98 Å². The Morgan fingerprint density at radius 1 is 1.42 bits per heavy atom. The Balaban J connectivity index is 2.63. The number of imidazole rings is 1. The van der Waals surface area contributed by atoms with Gasteiger partial charge in [-0.3, -0.25) is 9.59 Å². The Kier molecular flexibility index (Phi) is 5.73. The van der Waals surface area contributed by atoms with Crippen LogP contribution in [0.15, 0.2) is 6.20 Å². The highest BCUT2D eigenvalue weighted by atomic mass is 16.2. The molecule has 0 radical (unpaired) electrons. The number of carbonyl (C=O) groups is 2. The summed E-state index contributed by atoms with van der Waals surface area (Å²) in [4.78, 5) is 27.4. The largest absolute Gasteiger partial charge is 0.354 e. The third-order valence-electron chi connectivity index (χ3n) is 3.15. The molecule has 0 spiro atoms. The highest BCUT2D eigenvalue weighted by Gasteiger charge is 2.18. The Morgan fingerprint density at radius 3 is 2.63 bits per heavy atom. The quantitative estimate of drug-likeness (QED) is 0.607. The summed E-state index contributed by atoms with van der Waals surface area (Å²) in [5.41, 5.74) is 0.406. The molecule has 0 aromatic carbocycles. The molecule has 1 aromatic rings. The summed E-state index contributed by atoms with van der Waals surface area (Å²) in [6.45, 7) is 7.91. The lowest BCUT2D eigenvalue weighted by Crippen LogP contribution is -2.31. The molecule has 5 nitrogen and oxygen atoms in total. The van der Waals surface area contributed by atoms with Crippen LogP contribution in [0.5, 0.6) is 0 Å². The summed E-state index contributed by atoms with van der Waals surface area (Å²) in [7, 11) is 0. The number of ketones is 1. The van der Waals surface area contributed by atoms with Crippen LogP contribution < -0.4 is 5.32 Å². The summed E-state index contributed by atoms with van der Waals surface area (Å²) in [5.74, 6) is 0.561. The van der Waals surface area contributed by atoms with E-state index in [4.69, 9.17) is 0 Å². The molecule has 0 saturated carbocycles. The molecule has 1 atom stereocenters. The number of aryl methyl sites for hydroxylation is 1. The monoisotopic (exact) mass is 265 g/mol. The third-order valence-corrected chi connectivity index (χ3v) is 3.15. The maximum Gasteiger partial charge on any atom is 0.242 e. The van der Waals surface area contributed by atoms with Gasteiger partial charge in [0.15, 0.2) is 5.78 Å². The van der Waals surface area contributed by atoms with E-state index in [-0.39, 0.29) is 17.7 Å². The van der Waals surface area contributed by atoms with Crippen LogP contribution in [-0.2, 0) is 4.79 Å². The molecule has 1 N–H and O–H groups in total. The summed E-state index contributed by atoms with van der Waals surface area (Å²) >= 11 is 0. The van der Waals surface area contributed by atoms with E-state index in [0.29, 0.717) is 18.1 Å². The van der Waals surface area contributed by atoms with E-state index in [2.05, 4.69) is 17.2 Å². The summed E-state index contributed by atoms with van der Waals surface area (Å²) in [5, 5.41) is 2.91. The van der Waals surface area contributed by atoms with Crippen LogP contribution in [0.4, 0.5) is 0 Å². The molecule has 106 valence electrons. The summed E-state index contributed by atoms with van der Waals surface area (Å²) in [6.07, 6.45) is 4.89. The maximum absolute atomic E-state index is 12.0. The zero-order valence-electron chi connectivity index (χ0n) is 12.2. The third kappa shape index (κ3) is 4.19. The van der Waals surface area contributed by atoms with Gasteiger partial charge in [-0.15, -0.1) is 0 Å². The van der Waals surface area contributed by atoms with Crippen LogP contribution >= 0.6 is 0 Å². The Morgan fingerprint density at radius 2 is 2.11 bits per heavy atom. The van der Waals surface area contributed by atoms with E-state index in [1.54, 1.807) is 17.7 Å². The van der Waals surface area contributed by atoms with Gasteiger partial charge in [0.25, 0.3) is 0 Å². The van der Waals surface area contributed by atoms with E-state index in [0.717, 1.165) is 19.3 Å². The zero-order chi connectivity index (χ0) is 14.4. The van der Waals surface area contributed by atoms with E-state index in [1.807, 2.05) is 6.92 Å². The van der Waals surface area contributed by atoms with Crippen molar-refractivity contribution in [3.8, 4) is 0 Å². The predicted molar refractivity (Wildman–Crippen MR) is 74.2 cm³/mol. The molecule has 0 saturated heterocycles. The van der Waals surface area contributed by atoms with Crippen molar-refractivity contribution in [2.24, 2.45) is 0 Å². The highest BCUT2D eigenvalue weighted by molar-refractivity contribution is 5.92. The smallest absolute Gasteiger partial charge is 0.242 e. The number of amides is 1. The van der Waals surface area contributed by atoms with E-state index in [9.17, 15) is 9.59 Å². The van der Waals surface area contributed by atoms with Crippen molar-refractivity contribution >= 4 is 11.7 Å².